The first-order valence-corrected chi connectivity index (χ1v) is 8.98. The second-order valence-corrected chi connectivity index (χ2v) is 7.13. The number of thiophene rings is 1. The number of amides is 1. The molecule has 1 amide bonds. The SMILES string of the molecule is O=C([O-])C[C@H](NC(=O)c1sc2ccccc2c1Cl)c1cccc([N+](=O)[O-])c1. The molecule has 0 spiro atoms. The quantitative estimate of drug-likeness (QED) is 0.502. The summed E-state index contributed by atoms with van der Waals surface area (Å²) in [4.78, 5) is 34.4. The topological polar surface area (TPSA) is 112 Å². The van der Waals surface area contributed by atoms with Crippen LogP contribution in [0.25, 0.3) is 10.1 Å². The van der Waals surface area contributed by atoms with Gasteiger partial charge in [0.25, 0.3) is 11.6 Å². The Bertz CT molecular complexity index is 1050. The summed E-state index contributed by atoms with van der Waals surface area (Å²) < 4.78 is 0.819. The van der Waals surface area contributed by atoms with E-state index in [9.17, 15) is 24.8 Å². The summed E-state index contributed by atoms with van der Waals surface area (Å²) in [6.45, 7) is 0. The molecule has 0 aliphatic rings. The first-order valence-electron chi connectivity index (χ1n) is 7.79. The number of nitrogens with zero attached hydrogens (tertiary/aromatic N) is 1. The van der Waals surface area contributed by atoms with Crippen molar-refractivity contribution in [2.45, 2.75) is 12.5 Å². The largest absolute Gasteiger partial charge is 0.550 e. The summed E-state index contributed by atoms with van der Waals surface area (Å²) in [6, 6.07) is 11.7. The molecule has 0 radical (unpaired) electrons. The van der Waals surface area contributed by atoms with Crippen molar-refractivity contribution >= 4 is 50.6 Å². The number of carboxylic acid groups (broad SMARTS) is 1. The Morgan fingerprint density at radius 2 is 1.93 bits per heavy atom. The van der Waals surface area contributed by atoms with Crippen molar-refractivity contribution in [1.29, 1.82) is 0 Å². The van der Waals surface area contributed by atoms with Gasteiger partial charge in [0.2, 0.25) is 0 Å². The van der Waals surface area contributed by atoms with E-state index in [1.54, 1.807) is 12.1 Å². The second kappa shape index (κ2) is 7.73. The van der Waals surface area contributed by atoms with Crippen molar-refractivity contribution in [3.63, 3.8) is 0 Å². The van der Waals surface area contributed by atoms with E-state index in [4.69, 9.17) is 11.6 Å². The first kappa shape index (κ1) is 18.8. The molecule has 2 aromatic carbocycles. The molecule has 0 unspecified atom stereocenters. The number of nitro benzene ring substituents is 1. The molecule has 7 nitrogen and oxygen atoms in total. The number of non-ortho nitro benzene ring substituents is 1. The number of hydrogen-bond acceptors (Lipinski definition) is 6. The molecule has 0 saturated heterocycles. The van der Waals surface area contributed by atoms with Crippen molar-refractivity contribution in [3.05, 3.63) is 74.1 Å². The zero-order chi connectivity index (χ0) is 19.6. The third-order valence-corrected chi connectivity index (χ3v) is 5.57. The Balaban J connectivity index is 1.93. The Morgan fingerprint density at radius 3 is 2.59 bits per heavy atom. The number of fused-ring (bicyclic) bond motifs is 1. The van der Waals surface area contributed by atoms with Crippen LogP contribution in [0.4, 0.5) is 5.69 Å². The Hall–Kier alpha value is -2.97. The van der Waals surface area contributed by atoms with Crippen LogP contribution in [0.2, 0.25) is 5.02 Å². The van der Waals surface area contributed by atoms with Crippen LogP contribution in [0.1, 0.15) is 27.7 Å². The summed E-state index contributed by atoms with van der Waals surface area (Å²) in [6.07, 6.45) is -0.532. The molecule has 1 atom stereocenters. The normalized spacial score (nSPS) is 11.9. The van der Waals surface area contributed by atoms with Gasteiger partial charge in [0, 0.05) is 34.6 Å². The van der Waals surface area contributed by atoms with Gasteiger partial charge in [-0.25, -0.2) is 0 Å². The zero-order valence-corrected chi connectivity index (χ0v) is 15.3. The molecule has 0 aliphatic heterocycles. The summed E-state index contributed by atoms with van der Waals surface area (Å²) >= 11 is 7.47. The fourth-order valence-electron chi connectivity index (χ4n) is 2.66. The third kappa shape index (κ3) is 4.07. The smallest absolute Gasteiger partial charge is 0.269 e. The van der Waals surface area contributed by atoms with E-state index in [0.717, 1.165) is 10.1 Å². The monoisotopic (exact) mass is 403 g/mol. The average molecular weight is 404 g/mol. The summed E-state index contributed by atoms with van der Waals surface area (Å²) in [5, 5.41) is 25.7. The lowest BCUT2D eigenvalue weighted by molar-refractivity contribution is -0.385. The van der Waals surface area contributed by atoms with Gasteiger partial charge in [-0.1, -0.05) is 41.9 Å². The maximum Gasteiger partial charge on any atom is 0.269 e. The molecule has 0 bridgehead atoms. The number of carboxylic acids is 1. The predicted octanol–water partition coefficient (Wildman–Crippen LogP) is 3.07. The standard InChI is InChI=1S/C18H13ClN2O5S/c19-16-12-6-1-2-7-14(12)27-17(16)18(24)20-13(9-15(22)23)10-4-3-5-11(8-10)21(25)26/h1-8,13H,9H2,(H,20,24)(H,22,23)/p-1/t13-/m0/s1. The fraction of sp³-hybridized carbons (Fsp3) is 0.111. The number of halogens is 1. The maximum atomic E-state index is 12.7. The van der Waals surface area contributed by atoms with Gasteiger partial charge >= 0.3 is 0 Å². The van der Waals surface area contributed by atoms with Crippen molar-refractivity contribution in [2.24, 2.45) is 0 Å². The number of benzene rings is 2. The van der Waals surface area contributed by atoms with Gasteiger partial charge in [0.05, 0.1) is 16.0 Å². The lowest BCUT2D eigenvalue weighted by Gasteiger charge is -2.19. The molecule has 138 valence electrons. The Morgan fingerprint density at radius 1 is 1.19 bits per heavy atom. The molecular weight excluding hydrogens is 392 g/mol. The molecule has 27 heavy (non-hydrogen) atoms. The van der Waals surface area contributed by atoms with E-state index in [2.05, 4.69) is 5.32 Å². The van der Waals surface area contributed by atoms with Crippen LogP contribution in [-0.4, -0.2) is 16.8 Å². The first-order chi connectivity index (χ1) is 12.9. The summed E-state index contributed by atoms with van der Waals surface area (Å²) in [7, 11) is 0. The second-order valence-electron chi connectivity index (χ2n) is 5.70. The van der Waals surface area contributed by atoms with Gasteiger partial charge in [0.15, 0.2) is 0 Å². The molecule has 3 aromatic rings. The molecule has 3 rings (SSSR count). The molecule has 1 N–H and O–H groups in total. The van der Waals surface area contributed by atoms with Crippen LogP contribution in [-0.2, 0) is 4.79 Å². The highest BCUT2D eigenvalue weighted by Gasteiger charge is 2.22. The highest BCUT2D eigenvalue weighted by Crippen LogP contribution is 2.35. The zero-order valence-electron chi connectivity index (χ0n) is 13.7. The Kier molecular flexibility index (Phi) is 5.38. The van der Waals surface area contributed by atoms with Gasteiger partial charge < -0.3 is 15.2 Å². The van der Waals surface area contributed by atoms with Crippen LogP contribution in [0.3, 0.4) is 0 Å². The summed E-state index contributed by atoms with van der Waals surface area (Å²) in [5.41, 5.74) is 0.0870. The number of carbonyl (C=O) groups excluding carboxylic acids is 2. The summed E-state index contributed by atoms with van der Waals surface area (Å²) in [5.74, 6) is -1.95. The van der Waals surface area contributed by atoms with Gasteiger partial charge in [0.1, 0.15) is 4.88 Å². The number of nitro groups is 1. The van der Waals surface area contributed by atoms with Gasteiger partial charge in [-0.2, -0.15) is 0 Å². The van der Waals surface area contributed by atoms with Gasteiger partial charge in [-0.05, 0) is 11.6 Å². The van der Waals surface area contributed by atoms with Gasteiger partial charge in [-0.3, -0.25) is 14.9 Å². The van der Waals surface area contributed by atoms with Gasteiger partial charge in [-0.15, -0.1) is 11.3 Å². The minimum atomic E-state index is -1.39. The highest BCUT2D eigenvalue weighted by molar-refractivity contribution is 7.21. The van der Waals surface area contributed by atoms with E-state index in [-0.39, 0.29) is 15.6 Å². The highest BCUT2D eigenvalue weighted by atomic mass is 35.5. The predicted molar refractivity (Wildman–Crippen MR) is 99.8 cm³/mol. The minimum absolute atomic E-state index is 0.204. The molecule has 0 saturated carbocycles. The van der Waals surface area contributed by atoms with Crippen LogP contribution >= 0.6 is 22.9 Å². The van der Waals surface area contributed by atoms with E-state index < -0.39 is 29.3 Å². The van der Waals surface area contributed by atoms with Crippen LogP contribution in [0, 0.1) is 10.1 Å². The Labute approximate surface area is 162 Å². The fourth-order valence-corrected chi connectivity index (χ4v) is 4.08. The number of carbonyl (C=O) groups is 2. The molecular formula is C18H12ClN2O5S-. The maximum absolute atomic E-state index is 12.7. The van der Waals surface area contributed by atoms with Crippen LogP contribution < -0.4 is 10.4 Å². The molecule has 1 aromatic heterocycles. The number of hydrogen-bond donors (Lipinski definition) is 1. The molecule has 0 aliphatic carbocycles. The minimum Gasteiger partial charge on any atom is -0.550 e. The third-order valence-electron chi connectivity index (χ3n) is 3.90. The molecule has 0 fully saturated rings. The molecule has 1 heterocycles. The van der Waals surface area contributed by atoms with Crippen molar-refractivity contribution in [2.75, 3.05) is 0 Å². The van der Waals surface area contributed by atoms with E-state index in [1.807, 2.05) is 12.1 Å². The van der Waals surface area contributed by atoms with Crippen LogP contribution in [0.15, 0.2) is 48.5 Å². The number of nitrogens with one attached hydrogen (secondary N) is 1. The van der Waals surface area contributed by atoms with Crippen LogP contribution in [0.5, 0.6) is 0 Å². The number of aliphatic carboxylic acids is 1. The van der Waals surface area contributed by atoms with Crippen molar-refractivity contribution < 1.29 is 19.6 Å². The van der Waals surface area contributed by atoms with E-state index in [0.29, 0.717) is 5.56 Å². The van der Waals surface area contributed by atoms with Crippen molar-refractivity contribution in [3.8, 4) is 0 Å². The number of rotatable bonds is 6. The van der Waals surface area contributed by atoms with Crippen molar-refractivity contribution in [1.82, 2.24) is 5.32 Å². The lowest BCUT2D eigenvalue weighted by atomic mass is 10.0. The lowest BCUT2D eigenvalue weighted by Crippen LogP contribution is -2.34. The van der Waals surface area contributed by atoms with E-state index in [1.165, 1.54) is 35.6 Å². The molecule has 9 heteroatoms. The van der Waals surface area contributed by atoms with E-state index >= 15 is 0 Å². The average Bonchev–Trinajstić information content (AvgIpc) is 2.98.